The highest BCUT2D eigenvalue weighted by Gasteiger charge is 2.07. The van der Waals surface area contributed by atoms with Crippen molar-refractivity contribution in [1.29, 1.82) is 5.26 Å². The minimum absolute atomic E-state index is 0.298. The van der Waals surface area contributed by atoms with Crippen LogP contribution in [-0.4, -0.2) is 13.6 Å². The lowest BCUT2D eigenvalue weighted by Gasteiger charge is -2.18. The van der Waals surface area contributed by atoms with Crippen molar-refractivity contribution in [3.8, 4) is 6.07 Å². The van der Waals surface area contributed by atoms with Crippen LogP contribution in [0.2, 0.25) is 0 Å². The van der Waals surface area contributed by atoms with E-state index in [1.54, 1.807) is 24.1 Å². The van der Waals surface area contributed by atoms with Crippen LogP contribution < -0.4 is 4.90 Å². The average molecular weight is 227 g/mol. The summed E-state index contributed by atoms with van der Waals surface area (Å²) in [5, 5.41) is 8.43. The molecule has 0 amide bonds. The Morgan fingerprint density at radius 3 is 2.80 bits per heavy atom. The molecular weight excluding hydrogens is 215 g/mol. The summed E-state index contributed by atoms with van der Waals surface area (Å²) in [7, 11) is 1.76. The second kappa shape index (κ2) is 5.57. The van der Waals surface area contributed by atoms with Crippen LogP contribution in [-0.2, 0) is 5.88 Å². The maximum absolute atomic E-state index is 13.5. The van der Waals surface area contributed by atoms with Gasteiger partial charge in [-0.05, 0) is 17.7 Å². The number of nitriles is 1. The van der Waals surface area contributed by atoms with Gasteiger partial charge in [-0.1, -0.05) is 6.07 Å². The SMILES string of the molecule is CN(CCC#N)c1ccc(CCl)cc1F. The first-order chi connectivity index (χ1) is 7.19. The van der Waals surface area contributed by atoms with Gasteiger partial charge in [0, 0.05) is 19.5 Å². The highest BCUT2D eigenvalue weighted by Crippen LogP contribution is 2.20. The summed E-state index contributed by atoms with van der Waals surface area (Å²) in [5.74, 6) is 0.00707. The Kier molecular flexibility index (Phi) is 4.38. The van der Waals surface area contributed by atoms with Crippen LogP contribution in [0.4, 0.5) is 10.1 Å². The predicted molar refractivity (Wildman–Crippen MR) is 59.5 cm³/mol. The molecule has 0 bridgehead atoms. The molecule has 1 aromatic carbocycles. The number of benzene rings is 1. The van der Waals surface area contributed by atoms with E-state index in [-0.39, 0.29) is 5.82 Å². The molecule has 0 saturated carbocycles. The molecule has 0 saturated heterocycles. The Hall–Kier alpha value is -1.27. The van der Waals surface area contributed by atoms with E-state index >= 15 is 0 Å². The fourth-order valence-electron chi connectivity index (χ4n) is 1.28. The second-order valence-electron chi connectivity index (χ2n) is 3.25. The lowest BCUT2D eigenvalue weighted by Crippen LogP contribution is -2.19. The molecule has 1 aromatic rings. The predicted octanol–water partition coefficient (Wildman–Crippen LogP) is 2.91. The molecule has 0 aliphatic rings. The molecule has 0 spiro atoms. The van der Waals surface area contributed by atoms with Crippen LogP contribution in [0, 0.1) is 17.1 Å². The van der Waals surface area contributed by atoms with Gasteiger partial charge in [0.15, 0.2) is 0 Å². The molecule has 0 heterocycles. The zero-order valence-electron chi connectivity index (χ0n) is 8.50. The normalized spacial score (nSPS) is 9.73. The maximum atomic E-state index is 13.5. The van der Waals surface area contributed by atoms with Gasteiger partial charge in [-0.3, -0.25) is 0 Å². The summed E-state index contributed by atoms with van der Waals surface area (Å²) >= 11 is 5.59. The Morgan fingerprint density at radius 1 is 1.53 bits per heavy atom. The number of hydrogen-bond donors (Lipinski definition) is 0. The van der Waals surface area contributed by atoms with Gasteiger partial charge < -0.3 is 4.90 Å². The van der Waals surface area contributed by atoms with E-state index in [0.717, 1.165) is 5.56 Å². The standard InChI is InChI=1S/C11H12ClFN2/c1-15(6-2-5-14)11-4-3-9(8-12)7-10(11)13/h3-4,7H,2,6,8H2,1H3. The first-order valence-electron chi connectivity index (χ1n) is 4.61. The molecule has 0 aliphatic heterocycles. The molecule has 1 rings (SSSR count). The smallest absolute Gasteiger partial charge is 0.146 e. The quantitative estimate of drug-likeness (QED) is 0.739. The van der Waals surface area contributed by atoms with Crippen molar-refractivity contribution in [3.63, 3.8) is 0 Å². The van der Waals surface area contributed by atoms with Crippen molar-refractivity contribution in [2.75, 3.05) is 18.5 Å². The van der Waals surface area contributed by atoms with E-state index in [9.17, 15) is 4.39 Å². The van der Waals surface area contributed by atoms with Gasteiger partial charge in [0.05, 0.1) is 18.2 Å². The van der Waals surface area contributed by atoms with E-state index in [0.29, 0.717) is 24.5 Å². The highest BCUT2D eigenvalue weighted by molar-refractivity contribution is 6.17. The van der Waals surface area contributed by atoms with Gasteiger partial charge in [-0.15, -0.1) is 11.6 Å². The molecule has 2 nitrogen and oxygen atoms in total. The minimum atomic E-state index is -0.298. The summed E-state index contributed by atoms with van der Waals surface area (Å²) < 4.78 is 13.5. The van der Waals surface area contributed by atoms with Gasteiger partial charge >= 0.3 is 0 Å². The number of rotatable bonds is 4. The van der Waals surface area contributed by atoms with Crippen molar-refractivity contribution in [2.45, 2.75) is 12.3 Å². The van der Waals surface area contributed by atoms with Crippen LogP contribution in [0.5, 0.6) is 0 Å². The number of alkyl halides is 1. The van der Waals surface area contributed by atoms with Crippen molar-refractivity contribution < 1.29 is 4.39 Å². The van der Waals surface area contributed by atoms with Crippen LogP contribution in [0.25, 0.3) is 0 Å². The third kappa shape index (κ3) is 3.10. The minimum Gasteiger partial charge on any atom is -0.371 e. The Balaban J connectivity index is 2.81. The third-order valence-electron chi connectivity index (χ3n) is 2.14. The molecule has 0 fully saturated rings. The number of anilines is 1. The molecule has 0 atom stereocenters. The van der Waals surface area contributed by atoms with Crippen LogP contribution >= 0.6 is 11.6 Å². The number of hydrogen-bond acceptors (Lipinski definition) is 2. The average Bonchev–Trinajstić information content (AvgIpc) is 2.25. The lowest BCUT2D eigenvalue weighted by molar-refractivity contribution is 0.621. The van der Waals surface area contributed by atoms with Crippen molar-refractivity contribution in [2.24, 2.45) is 0 Å². The first-order valence-corrected chi connectivity index (χ1v) is 5.15. The molecule has 0 aliphatic carbocycles. The maximum Gasteiger partial charge on any atom is 0.146 e. The molecule has 0 N–H and O–H groups in total. The summed E-state index contributed by atoms with van der Waals surface area (Å²) in [4.78, 5) is 1.72. The third-order valence-corrected chi connectivity index (χ3v) is 2.45. The summed E-state index contributed by atoms with van der Waals surface area (Å²) in [6, 6.07) is 6.92. The molecule has 0 aromatic heterocycles. The summed E-state index contributed by atoms with van der Waals surface area (Å²) in [5.41, 5.74) is 1.26. The number of halogens is 2. The molecular formula is C11H12ClFN2. The molecule has 80 valence electrons. The fraction of sp³-hybridized carbons (Fsp3) is 0.364. The zero-order valence-corrected chi connectivity index (χ0v) is 9.26. The van der Waals surface area contributed by atoms with Crippen molar-refractivity contribution >= 4 is 17.3 Å². The Morgan fingerprint density at radius 2 is 2.27 bits per heavy atom. The van der Waals surface area contributed by atoms with Gasteiger partial charge in [0.1, 0.15) is 5.82 Å². The van der Waals surface area contributed by atoms with E-state index in [2.05, 4.69) is 0 Å². The fourth-order valence-corrected chi connectivity index (χ4v) is 1.45. The second-order valence-corrected chi connectivity index (χ2v) is 3.52. The van der Waals surface area contributed by atoms with Crippen LogP contribution in [0.3, 0.4) is 0 Å². The topological polar surface area (TPSA) is 27.0 Å². The largest absolute Gasteiger partial charge is 0.371 e. The summed E-state index contributed by atoms with van der Waals surface area (Å²) in [6.07, 6.45) is 0.382. The van der Waals surface area contributed by atoms with Crippen LogP contribution in [0.1, 0.15) is 12.0 Å². The highest BCUT2D eigenvalue weighted by atomic mass is 35.5. The summed E-state index contributed by atoms with van der Waals surface area (Å²) in [6.45, 7) is 0.521. The monoisotopic (exact) mass is 226 g/mol. The zero-order chi connectivity index (χ0) is 11.3. The Bertz CT molecular complexity index is 373. The molecule has 0 unspecified atom stereocenters. The van der Waals surface area contributed by atoms with Gasteiger partial charge in [0.25, 0.3) is 0 Å². The van der Waals surface area contributed by atoms with Gasteiger partial charge in [-0.2, -0.15) is 5.26 Å². The molecule has 0 radical (unpaired) electrons. The van der Waals surface area contributed by atoms with E-state index < -0.39 is 0 Å². The first kappa shape index (κ1) is 11.8. The Labute approximate surface area is 93.9 Å². The molecule has 15 heavy (non-hydrogen) atoms. The van der Waals surface area contributed by atoms with Gasteiger partial charge in [-0.25, -0.2) is 4.39 Å². The van der Waals surface area contributed by atoms with Crippen LogP contribution in [0.15, 0.2) is 18.2 Å². The van der Waals surface area contributed by atoms with Crippen molar-refractivity contribution in [3.05, 3.63) is 29.6 Å². The van der Waals surface area contributed by atoms with E-state index in [1.807, 2.05) is 6.07 Å². The lowest BCUT2D eigenvalue weighted by atomic mass is 10.2. The van der Waals surface area contributed by atoms with Crippen molar-refractivity contribution in [1.82, 2.24) is 0 Å². The molecule has 4 heteroatoms. The van der Waals surface area contributed by atoms with E-state index in [1.165, 1.54) is 6.07 Å². The van der Waals surface area contributed by atoms with Gasteiger partial charge in [0.2, 0.25) is 0 Å². The number of nitrogens with zero attached hydrogens (tertiary/aromatic N) is 2. The van der Waals surface area contributed by atoms with E-state index in [4.69, 9.17) is 16.9 Å².